The van der Waals surface area contributed by atoms with E-state index in [2.05, 4.69) is 15.8 Å². The molecule has 4 rings (SSSR count). The third-order valence-electron chi connectivity index (χ3n) is 6.22. The molecule has 3 aliphatic rings. The standard InChI is InChI=1S/C21H27N5O13/c1-34-12-13(38-19(15(12)35-2)26-4-3-10(28)24-21(26)33)14(16(22)30)39-20-11(29)8(27)5-9(37-20)18(32)23-7-6-36-25-17(7)31/h3-5,7-8,11-15,19-20,27,29H,6H2,1-2H3,(H2,22,30)(H,23,32)(H,25,31)(H,24,28,33). The van der Waals surface area contributed by atoms with Crippen molar-refractivity contribution >= 4 is 17.7 Å². The Morgan fingerprint density at radius 3 is 2.51 bits per heavy atom. The van der Waals surface area contributed by atoms with Crippen molar-refractivity contribution in [3.63, 3.8) is 0 Å². The first-order valence-electron chi connectivity index (χ1n) is 11.5. The van der Waals surface area contributed by atoms with Crippen molar-refractivity contribution in [2.24, 2.45) is 5.73 Å². The van der Waals surface area contributed by atoms with Crippen LogP contribution >= 0.6 is 0 Å². The van der Waals surface area contributed by atoms with Crippen LogP contribution in [-0.2, 0) is 42.9 Å². The van der Waals surface area contributed by atoms with Gasteiger partial charge in [-0.15, -0.1) is 0 Å². The van der Waals surface area contributed by atoms with E-state index in [1.165, 1.54) is 14.2 Å². The number of rotatable bonds is 9. The van der Waals surface area contributed by atoms with E-state index < -0.39 is 89.9 Å². The molecule has 4 heterocycles. The summed E-state index contributed by atoms with van der Waals surface area (Å²) in [6.07, 6.45) is -9.68. The van der Waals surface area contributed by atoms with Crippen molar-refractivity contribution in [3.05, 3.63) is 44.9 Å². The number of hydrogen-bond acceptors (Lipinski definition) is 13. The lowest BCUT2D eigenvalue weighted by molar-refractivity contribution is -0.241. The summed E-state index contributed by atoms with van der Waals surface area (Å²) in [6.45, 7) is -0.162. The van der Waals surface area contributed by atoms with Crippen LogP contribution in [0, 0.1) is 0 Å². The van der Waals surface area contributed by atoms with Gasteiger partial charge in [0.2, 0.25) is 12.2 Å². The number of hydrogen-bond donors (Lipinski definition) is 6. The Morgan fingerprint density at radius 2 is 1.92 bits per heavy atom. The summed E-state index contributed by atoms with van der Waals surface area (Å²) in [6, 6.07) is 0.0278. The Hall–Kier alpha value is -3.65. The number of nitrogens with zero attached hydrogens (tertiary/aromatic N) is 1. The van der Waals surface area contributed by atoms with Gasteiger partial charge in [-0.05, 0) is 6.08 Å². The van der Waals surface area contributed by atoms with E-state index in [4.69, 9.17) is 34.3 Å². The highest BCUT2D eigenvalue weighted by Crippen LogP contribution is 2.35. The molecule has 3 amide bonds. The molecule has 9 atom stereocenters. The van der Waals surface area contributed by atoms with Crippen LogP contribution in [0.2, 0.25) is 0 Å². The van der Waals surface area contributed by atoms with Gasteiger partial charge >= 0.3 is 5.69 Å². The molecule has 18 nitrogen and oxygen atoms in total. The van der Waals surface area contributed by atoms with Gasteiger partial charge in [-0.25, -0.2) is 10.3 Å². The van der Waals surface area contributed by atoms with E-state index in [1.807, 2.05) is 0 Å². The molecule has 0 radical (unpaired) electrons. The number of aromatic nitrogens is 2. The van der Waals surface area contributed by atoms with Gasteiger partial charge in [0.25, 0.3) is 17.4 Å². The van der Waals surface area contributed by atoms with Gasteiger partial charge < -0.3 is 44.9 Å². The second-order valence-corrected chi connectivity index (χ2v) is 8.67. The summed E-state index contributed by atoms with van der Waals surface area (Å²) >= 11 is 0. The van der Waals surface area contributed by atoms with Crippen molar-refractivity contribution in [1.29, 1.82) is 0 Å². The Morgan fingerprint density at radius 1 is 1.21 bits per heavy atom. The fourth-order valence-corrected chi connectivity index (χ4v) is 4.30. The Bertz CT molecular complexity index is 1250. The molecule has 7 N–H and O–H groups in total. The number of aliphatic hydroxyl groups is 2. The molecule has 2 saturated heterocycles. The first-order chi connectivity index (χ1) is 18.5. The molecule has 1 aromatic heterocycles. The first-order valence-corrected chi connectivity index (χ1v) is 11.5. The normalized spacial score (nSPS) is 33.1. The van der Waals surface area contributed by atoms with Crippen LogP contribution in [0.1, 0.15) is 6.23 Å². The Kier molecular flexibility index (Phi) is 8.45. The predicted molar refractivity (Wildman–Crippen MR) is 122 cm³/mol. The number of hydroxylamine groups is 1. The van der Waals surface area contributed by atoms with E-state index in [1.54, 1.807) is 0 Å². The van der Waals surface area contributed by atoms with Crippen LogP contribution in [0.4, 0.5) is 0 Å². The molecular weight excluding hydrogens is 530 g/mol. The number of carbonyl (C=O) groups is 3. The van der Waals surface area contributed by atoms with E-state index in [0.29, 0.717) is 0 Å². The quantitative estimate of drug-likeness (QED) is 0.166. The van der Waals surface area contributed by atoms with E-state index in [0.717, 1.165) is 22.9 Å². The average molecular weight is 557 g/mol. The van der Waals surface area contributed by atoms with E-state index in [-0.39, 0.29) is 6.61 Å². The van der Waals surface area contributed by atoms with Crippen molar-refractivity contribution in [1.82, 2.24) is 20.3 Å². The number of nitrogens with one attached hydrogen (secondary N) is 3. The molecule has 0 saturated carbocycles. The molecular formula is C21H27N5O13. The largest absolute Gasteiger partial charge is 0.456 e. The number of primary amides is 1. The SMILES string of the molecule is COC1C(C(OC2OC(C(=O)NC3CONC3=O)=CC(O)C2O)C(N)=O)OC(n2ccc(=O)[nH]c2=O)C1OC. The molecule has 214 valence electrons. The van der Waals surface area contributed by atoms with Crippen LogP contribution in [0.25, 0.3) is 0 Å². The van der Waals surface area contributed by atoms with E-state index in [9.17, 15) is 34.2 Å². The van der Waals surface area contributed by atoms with Crippen LogP contribution in [-0.4, -0.2) is 107 Å². The lowest BCUT2D eigenvalue weighted by Crippen LogP contribution is -2.54. The number of nitrogens with two attached hydrogens (primary N) is 1. The predicted octanol–water partition coefficient (Wildman–Crippen LogP) is -5.16. The summed E-state index contributed by atoms with van der Waals surface area (Å²) < 4.78 is 28.8. The number of aliphatic hydroxyl groups excluding tert-OH is 2. The van der Waals surface area contributed by atoms with E-state index >= 15 is 0 Å². The maximum atomic E-state index is 12.6. The molecule has 2 fully saturated rings. The maximum absolute atomic E-state index is 12.6. The second kappa shape index (κ2) is 11.6. The number of ether oxygens (including phenoxy) is 5. The van der Waals surface area contributed by atoms with Gasteiger partial charge in [-0.3, -0.25) is 33.6 Å². The van der Waals surface area contributed by atoms with Gasteiger partial charge in [-0.2, -0.15) is 0 Å². The van der Waals surface area contributed by atoms with Gasteiger partial charge in [0.05, 0.1) is 0 Å². The zero-order valence-electron chi connectivity index (χ0n) is 20.5. The first kappa shape index (κ1) is 28.4. The molecule has 0 aromatic carbocycles. The molecule has 0 bridgehead atoms. The number of methoxy groups -OCH3 is 2. The van der Waals surface area contributed by atoms with Gasteiger partial charge in [-0.1, -0.05) is 0 Å². The maximum Gasteiger partial charge on any atom is 0.330 e. The zero-order chi connectivity index (χ0) is 28.4. The fourth-order valence-electron chi connectivity index (χ4n) is 4.30. The Balaban J connectivity index is 1.56. The molecule has 39 heavy (non-hydrogen) atoms. The summed E-state index contributed by atoms with van der Waals surface area (Å²) in [4.78, 5) is 67.5. The third kappa shape index (κ3) is 5.71. The molecule has 1 aromatic rings. The molecule has 3 aliphatic heterocycles. The summed E-state index contributed by atoms with van der Waals surface area (Å²) in [7, 11) is 2.56. The molecule has 0 aliphatic carbocycles. The summed E-state index contributed by atoms with van der Waals surface area (Å²) in [5, 5.41) is 23.1. The minimum Gasteiger partial charge on any atom is -0.456 e. The summed E-state index contributed by atoms with van der Waals surface area (Å²) in [5.41, 5.74) is 6.13. The summed E-state index contributed by atoms with van der Waals surface area (Å²) in [5.74, 6) is -3.20. The fraction of sp³-hybridized carbons (Fsp3) is 0.571. The smallest absolute Gasteiger partial charge is 0.330 e. The topological polar surface area (TPSA) is 252 Å². The van der Waals surface area contributed by atoms with Crippen LogP contribution in [0.5, 0.6) is 0 Å². The van der Waals surface area contributed by atoms with Crippen LogP contribution < -0.4 is 27.8 Å². The zero-order valence-corrected chi connectivity index (χ0v) is 20.5. The lowest BCUT2D eigenvalue weighted by Gasteiger charge is -2.35. The third-order valence-corrected chi connectivity index (χ3v) is 6.22. The van der Waals surface area contributed by atoms with Crippen molar-refractivity contribution in [3.8, 4) is 0 Å². The van der Waals surface area contributed by atoms with Gasteiger partial charge in [0, 0.05) is 26.5 Å². The average Bonchev–Trinajstić information content (AvgIpc) is 3.46. The van der Waals surface area contributed by atoms with Crippen molar-refractivity contribution in [2.45, 2.75) is 55.2 Å². The van der Waals surface area contributed by atoms with Crippen molar-refractivity contribution in [2.75, 3.05) is 20.8 Å². The van der Waals surface area contributed by atoms with Gasteiger partial charge in [0.1, 0.15) is 43.2 Å². The Labute approximate surface area is 218 Å². The minimum absolute atomic E-state index is 0.162. The number of aromatic amines is 1. The van der Waals surface area contributed by atoms with Gasteiger partial charge in [0.15, 0.2) is 18.1 Å². The highest BCUT2D eigenvalue weighted by atomic mass is 16.7. The lowest BCUT2D eigenvalue weighted by atomic mass is 10.0. The van der Waals surface area contributed by atoms with Crippen molar-refractivity contribution < 1.29 is 53.1 Å². The number of carbonyl (C=O) groups excluding carboxylic acids is 3. The second-order valence-electron chi connectivity index (χ2n) is 8.67. The number of H-pyrrole nitrogens is 1. The van der Waals surface area contributed by atoms with Crippen LogP contribution in [0.15, 0.2) is 33.7 Å². The van der Waals surface area contributed by atoms with Crippen LogP contribution in [0.3, 0.4) is 0 Å². The highest BCUT2D eigenvalue weighted by Gasteiger charge is 2.53. The monoisotopic (exact) mass is 557 g/mol. The molecule has 9 unspecified atom stereocenters. The molecule has 0 spiro atoms. The highest BCUT2D eigenvalue weighted by molar-refractivity contribution is 5.96. The minimum atomic E-state index is -1.83. The molecule has 18 heteroatoms. The number of amides is 3.